The van der Waals surface area contributed by atoms with Crippen molar-refractivity contribution in [2.24, 2.45) is 0 Å². The van der Waals surface area contributed by atoms with Gasteiger partial charge in [-0.05, 0) is 26.3 Å². The molecule has 0 radical (unpaired) electrons. The maximum absolute atomic E-state index is 12.9. The zero-order valence-corrected chi connectivity index (χ0v) is 17.9. The van der Waals surface area contributed by atoms with Crippen LogP contribution >= 0.6 is 11.3 Å². The zero-order valence-electron chi connectivity index (χ0n) is 17.1. The number of nitrogens with zero attached hydrogens (tertiary/aromatic N) is 5. The summed E-state index contributed by atoms with van der Waals surface area (Å²) in [7, 11) is 0. The number of amides is 1. The Morgan fingerprint density at radius 1 is 1.26 bits per heavy atom. The highest BCUT2D eigenvalue weighted by molar-refractivity contribution is 7.09. The Balaban J connectivity index is 1.58. The molecule has 0 aliphatic carbocycles. The second-order valence-corrected chi connectivity index (χ2v) is 9.30. The quantitative estimate of drug-likeness (QED) is 0.806. The monoisotopic (exact) mass is 389 g/mol. The second kappa shape index (κ2) is 8.10. The van der Waals surface area contributed by atoms with E-state index in [1.807, 2.05) is 29.5 Å². The van der Waals surface area contributed by atoms with Gasteiger partial charge in [0.05, 0.1) is 10.7 Å². The molecular weight excluding hydrogens is 358 g/mol. The van der Waals surface area contributed by atoms with Crippen LogP contribution in [-0.2, 0) is 16.8 Å². The van der Waals surface area contributed by atoms with Crippen LogP contribution in [-0.4, -0.2) is 56.7 Å². The summed E-state index contributed by atoms with van der Waals surface area (Å²) in [5.74, 6) is 0.160. The highest BCUT2D eigenvalue weighted by atomic mass is 32.1. The topological polar surface area (TPSA) is 54.3 Å². The predicted molar refractivity (Wildman–Crippen MR) is 109 cm³/mol. The van der Waals surface area contributed by atoms with E-state index < -0.39 is 0 Å². The van der Waals surface area contributed by atoms with Gasteiger partial charge < -0.3 is 4.90 Å². The third-order valence-corrected chi connectivity index (χ3v) is 6.39. The molecule has 7 heteroatoms. The van der Waals surface area contributed by atoms with Crippen molar-refractivity contribution in [2.45, 2.75) is 59.0 Å². The lowest BCUT2D eigenvalue weighted by molar-refractivity contribution is -0.134. The Hall–Kier alpha value is -1.73. The number of aromatic nitrogens is 3. The summed E-state index contributed by atoms with van der Waals surface area (Å²) >= 11 is 1.75. The first-order chi connectivity index (χ1) is 12.8. The lowest BCUT2D eigenvalue weighted by atomic mass is 9.98. The molecule has 0 spiro atoms. The minimum Gasteiger partial charge on any atom is -0.340 e. The van der Waals surface area contributed by atoms with Crippen LogP contribution < -0.4 is 0 Å². The molecule has 3 rings (SSSR count). The molecule has 2 aromatic heterocycles. The van der Waals surface area contributed by atoms with Gasteiger partial charge in [0.2, 0.25) is 5.91 Å². The van der Waals surface area contributed by atoms with E-state index in [2.05, 4.69) is 36.1 Å². The summed E-state index contributed by atoms with van der Waals surface area (Å²) in [6.45, 7) is 14.9. The molecule has 1 amide bonds. The van der Waals surface area contributed by atoms with Gasteiger partial charge >= 0.3 is 0 Å². The van der Waals surface area contributed by atoms with E-state index in [1.165, 1.54) is 5.01 Å². The average Bonchev–Trinajstić information content (AvgIpc) is 3.18. The number of rotatable bonds is 4. The summed E-state index contributed by atoms with van der Waals surface area (Å²) in [5, 5.41) is 7.66. The van der Waals surface area contributed by atoms with Crippen LogP contribution in [0, 0.1) is 6.92 Å². The zero-order chi connectivity index (χ0) is 19.6. The number of thiazole rings is 1. The molecule has 1 aliphatic heterocycles. The third-order valence-electron chi connectivity index (χ3n) is 5.07. The first kappa shape index (κ1) is 20.0. The van der Waals surface area contributed by atoms with Crippen molar-refractivity contribution in [3.8, 4) is 0 Å². The van der Waals surface area contributed by atoms with Crippen LogP contribution in [0.2, 0.25) is 0 Å². The molecule has 0 N–H and O–H groups in total. The fourth-order valence-corrected chi connectivity index (χ4v) is 4.36. The predicted octanol–water partition coefficient (Wildman–Crippen LogP) is 3.24. The van der Waals surface area contributed by atoms with Crippen LogP contribution in [0.15, 0.2) is 17.6 Å². The van der Waals surface area contributed by atoms with Crippen LogP contribution in [0.25, 0.3) is 0 Å². The minimum absolute atomic E-state index is 0.103. The molecule has 3 heterocycles. The van der Waals surface area contributed by atoms with Crippen molar-refractivity contribution in [3.63, 3.8) is 0 Å². The molecule has 1 fully saturated rings. The van der Waals surface area contributed by atoms with Gasteiger partial charge in [-0.25, -0.2) is 4.98 Å². The van der Waals surface area contributed by atoms with Gasteiger partial charge in [0.15, 0.2) is 0 Å². The number of carbonyl (C=O) groups excluding carboxylic acids is 1. The van der Waals surface area contributed by atoms with E-state index in [1.54, 1.807) is 17.5 Å². The molecule has 27 heavy (non-hydrogen) atoms. The van der Waals surface area contributed by atoms with Crippen molar-refractivity contribution in [3.05, 3.63) is 34.0 Å². The van der Waals surface area contributed by atoms with Gasteiger partial charge in [0, 0.05) is 55.4 Å². The van der Waals surface area contributed by atoms with Crippen LogP contribution in [0.4, 0.5) is 0 Å². The molecule has 0 saturated carbocycles. The highest BCUT2D eigenvalue weighted by Crippen LogP contribution is 2.26. The molecule has 0 bridgehead atoms. The maximum atomic E-state index is 12.9. The van der Waals surface area contributed by atoms with E-state index in [9.17, 15) is 4.79 Å². The van der Waals surface area contributed by atoms with E-state index in [4.69, 9.17) is 4.98 Å². The summed E-state index contributed by atoms with van der Waals surface area (Å²) in [4.78, 5) is 22.1. The van der Waals surface area contributed by atoms with Crippen LogP contribution in [0.5, 0.6) is 0 Å². The van der Waals surface area contributed by atoms with Crippen LogP contribution in [0.3, 0.4) is 0 Å². The molecule has 1 aliphatic rings. The largest absolute Gasteiger partial charge is 0.340 e. The Kier molecular flexibility index (Phi) is 6.01. The minimum atomic E-state index is -0.251. The Bertz CT molecular complexity index is 775. The molecule has 1 saturated heterocycles. The first-order valence-corrected chi connectivity index (χ1v) is 10.6. The smallest absolute Gasteiger partial charge is 0.247 e. The number of aryl methyl sites for hydroxylation is 1. The molecule has 2 aromatic rings. The number of carbonyl (C=O) groups is 1. The fraction of sp³-hybridized carbons (Fsp3) is 0.650. The van der Waals surface area contributed by atoms with Crippen molar-refractivity contribution >= 4 is 17.2 Å². The third kappa shape index (κ3) is 4.76. The van der Waals surface area contributed by atoms with Gasteiger partial charge in [0.25, 0.3) is 0 Å². The standard InChI is InChI=1S/C20H31N5OS/c1-15-7-8-21-25(15)16(2)18(26)24-10-6-9-23(11-12-24)13-17-14-27-19(22-17)20(3,4)5/h7-8,14,16H,6,9-13H2,1-5H3. The Morgan fingerprint density at radius 3 is 2.67 bits per heavy atom. The average molecular weight is 390 g/mol. The SMILES string of the molecule is Cc1ccnn1C(C)C(=O)N1CCCN(Cc2csc(C(C)(C)C)n2)CC1. The van der Waals surface area contributed by atoms with Gasteiger partial charge in [-0.15, -0.1) is 11.3 Å². The normalized spacial score (nSPS) is 17.7. The first-order valence-electron chi connectivity index (χ1n) is 9.72. The fourth-order valence-electron chi connectivity index (χ4n) is 3.46. The second-order valence-electron chi connectivity index (χ2n) is 8.44. The molecule has 1 atom stereocenters. The molecule has 148 valence electrons. The lowest BCUT2D eigenvalue weighted by Crippen LogP contribution is -2.39. The van der Waals surface area contributed by atoms with E-state index in [-0.39, 0.29) is 17.4 Å². The van der Waals surface area contributed by atoms with E-state index in [0.29, 0.717) is 0 Å². The highest BCUT2D eigenvalue weighted by Gasteiger charge is 2.26. The van der Waals surface area contributed by atoms with Gasteiger partial charge in [-0.1, -0.05) is 20.8 Å². The van der Waals surface area contributed by atoms with Gasteiger partial charge in [0.1, 0.15) is 6.04 Å². The Morgan fingerprint density at radius 2 is 2.04 bits per heavy atom. The molecule has 1 unspecified atom stereocenters. The van der Waals surface area contributed by atoms with E-state index >= 15 is 0 Å². The van der Waals surface area contributed by atoms with Crippen molar-refractivity contribution in [2.75, 3.05) is 26.2 Å². The Labute approximate surface area is 166 Å². The summed E-state index contributed by atoms with van der Waals surface area (Å²) in [6.07, 6.45) is 2.75. The van der Waals surface area contributed by atoms with Crippen molar-refractivity contribution in [1.29, 1.82) is 0 Å². The van der Waals surface area contributed by atoms with Gasteiger partial charge in [-0.3, -0.25) is 14.4 Å². The maximum Gasteiger partial charge on any atom is 0.247 e. The van der Waals surface area contributed by atoms with Crippen LogP contribution in [0.1, 0.15) is 56.6 Å². The summed E-state index contributed by atoms with van der Waals surface area (Å²) in [5.41, 5.74) is 2.27. The summed E-state index contributed by atoms with van der Waals surface area (Å²) < 4.78 is 1.81. The summed E-state index contributed by atoms with van der Waals surface area (Å²) in [6, 6.07) is 1.69. The van der Waals surface area contributed by atoms with Gasteiger partial charge in [-0.2, -0.15) is 5.10 Å². The number of hydrogen-bond acceptors (Lipinski definition) is 5. The molecule has 6 nitrogen and oxygen atoms in total. The molecular formula is C20H31N5OS. The van der Waals surface area contributed by atoms with Crippen molar-refractivity contribution < 1.29 is 4.79 Å². The van der Waals surface area contributed by atoms with Crippen molar-refractivity contribution in [1.82, 2.24) is 24.6 Å². The van der Waals surface area contributed by atoms with E-state index in [0.717, 1.165) is 50.5 Å². The number of hydrogen-bond donors (Lipinski definition) is 0. The molecule has 0 aromatic carbocycles. The lowest BCUT2D eigenvalue weighted by Gasteiger charge is -2.25.